The fraction of sp³-hybridized carbons (Fsp3) is 0.333. The molecule has 0 atom stereocenters. The molecule has 0 saturated carbocycles. The van der Waals surface area contributed by atoms with E-state index in [2.05, 4.69) is 10.3 Å². The molecule has 1 aromatic carbocycles. The van der Waals surface area contributed by atoms with E-state index in [0.29, 0.717) is 12.4 Å². The average molecular weight is 268 g/mol. The van der Waals surface area contributed by atoms with Gasteiger partial charge in [-0.15, -0.1) is 16.7 Å². The minimum Gasteiger partial charge on any atom is -0.497 e. The van der Waals surface area contributed by atoms with Crippen molar-refractivity contribution >= 4 is 11.6 Å². The van der Waals surface area contributed by atoms with Gasteiger partial charge in [-0.05, 0) is 17.7 Å². The third kappa shape index (κ3) is 2.92. The highest BCUT2D eigenvalue weighted by atomic mass is 35.5. The number of alkyl halides is 1. The molecule has 0 unspecified atom stereocenters. The normalized spacial score (nSPS) is 10.4. The SMILES string of the molecule is COc1cc(Cn2cc(CCl)nn2)cc(OC)c1. The van der Waals surface area contributed by atoms with Crippen LogP contribution in [-0.2, 0) is 12.4 Å². The summed E-state index contributed by atoms with van der Waals surface area (Å²) in [5.41, 5.74) is 1.78. The minimum atomic E-state index is 0.363. The Morgan fingerprint density at radius 3 is 2.33 bits per heavy atom. The zero-order valence-electron chi connectivity index (χ0n) is 10.3. The maximum absolute atomic E-state index is 5.68. The molecule has 0 fully saturated rings. The van der Waals surface area contributed by atoms with Crippen LogP contribution in [0, 0.1) is 0 Å². The van der Waals surface area contributed by atoms with Gasteiger partial charge in [0, 0.05) is 6.07 Å². The zero-order valence-corrected chi connectivity index (χ0v) is 11.0. The Labute approximate surface area is 110 Å². The van der Waals surface area contributed by atoms with Crippen LogP contribution in [0.3, 0.4) is 0 Å². The van der Waals surface area contributed by atoms with E-state index < -0.39 is 0 Å². The maximum Gasteiger partial charge on any atom is 0.122 e. The fourth-order valence-electron chi connectivity index (χ4n) is 1.62. The van der Waals surface area contributed by atoms with Gasteiger partial charge in [0.25, 0.3) is 0 Å². The molecule has 96 valence electrons. The van der Waals surface area contributed by atoms with Crippen molar-refractivity contribution in [3.63, 3.8) is 0 Å². The predicted octanol–water partition coefficient (Wildman–Crippen LogP) is 2.08. The first-order chi connectivity index (χ1) is 8.75. The molecule has 0 aliphatic heterocycles. The number of hydrogen-bond acceptors (Lipinski definition) is 4. The monoisotopic (exact) mass is 267 g/mol. The van der Waals surface area contributed by atoms with Gasteiger partial charge in [-0.1, -0.05) is 5.21 Å². The second kappa shape index (κ2) is 5.73. The smallest absolute Gasteiger partial charge is 0.122 e. The summed E-state index contributed by atoms with van der Waals surface area (Å²) in [7, 11) is 3.25. The van der Waals surface area contributed by atoms with Crippen LogP contribution in [0.4, 0.5) is 0 Å². The van der Waals surface area contributed by atoms with E-state index in [0.717, 1.165) is 22.8 Å². The van der Waals surface area contributed by atoms with Gasteiger partial charge in [-0.2, -0.15) is 0 Å². The average Bonchev–Trinajstić information content (AvgIpc) is 2.85. The van der Waals surface area contributed by atoms with Crippen molar-refractivity contribution in [3.05, 3.63) is 35.7 Å². The summed E-state index contributed by atoms with van der Waals surface area (Å²) < 4.78 is 12.2. The first-order valence-electron chi connectivity index (χ1n) is 5.42. The summed E-state index contributed by atoms with van der Waals surface area (Å²) in [6, 6.07) is 5.70. The highest BCUT2D eigenvalue weighted by Gasteiger charge is 2.04. The molecule has 1 aromatic heterocycles. The van der Waals surface area contributed by atoms with Crippen LogP contribution < -0.4 is 9.47 Å². The molecule has 0 radical (unpaired) electrons. The minimum absolute atomic E-state index is 0.363. The van der Waals surface area contributed by atoms with Crippen molar-refractivity contribution in [3.8, 4) is 11.5 Å². The van der Waals surface area contributed by atoms with Crippen molar-refractivity contribution in [2.24, 2.45) is 0 Å². The number of rotatable bonds is 5. The first kappa shape index (κ1) is 12.7. The predicted molar refractivity (Wildman–Crippen MR) is 68.2 cm³/mol. The van der Waals surface area contributed by atoms with Crippen molar-refractivity contribution in [2.45, 2.75) is 12.4 Å². The van der Waals surface area contributed by atoms with Crippen LogP contribution in [0.5, 0.6) is 11.5 Å². The molecule has 0 aliphatic rings. The van der Waals surface area contributed by atoms with E-state index in [1.807, 2.05) is 24.4 Å². The van der Waals surface area contributed by atoms with Crippen LogP contribution in [0.25, 0.3) is 0 Å². The molecule has 0 N–H and O–H groups in total. The summed E-state index contributed by atoms with van der Waals surface area (Å²) >= 11 is 5.68. The Kier molecular flexibility index (Phi) is 4.04. The molecule has 6 heteroatoms. The number of nitrogens with zero attached hydrogens (tertiary/aromatic N) is 3. The highest BCUT2D eigenvalue weighted by Crippen LogP contribution is 2.22. The summed E-state index contributed by atoms with van der Waals surface area (Å²) in [4.78, 5) is 0. The van der Waals surface area contributed by atoms with Crippen LogP contribution in [0.1, 0.15) is 11.3 Å². The van der Waals surface area contributed by atoms with Crippen LogP contribution in [0.2, 0.25) is 0 Å². The lowest BCUT2D eigenvalue weighted by atomic mass is 10.2. The Bertz CT molecular complexity index is 506. The summed E-state index contributed by atoms with van der Waals surface area (Å²) in [6.45, 7) is 0.595. The van der Waals surface area contributed by atoms with Crippen molar-refractivity contribution in [1.29, 1.82) is 0 Å². The Morgan fingerprint density at radius 2 is 1.83 bits per heavy atom. The van der Waals surface area contributed by atoms with Gasteiger partial charge in [-0.3, -0.25) is 0 Å². The quantitative estimate of drug-likeness (QED) is 0.779. The lowest BCUT2D eigenvalue weighted by Crippen LogP contribution is -2.01. The van der Waals surface area contributed by atoms with Crippen molar-refractivity contribution in [2.75, 3.05) is 14.2 Å². The standard InChI is InChI=1S/C12H14ClN3O2/c1-17-11-3-9(4-12(5-11)18-2)7-16-8-10(6-13)14-15-16/h3-5,8H,6-7H2,1-2H3. The molecule has 2 rings (SSSR count). The second-order valence-corrected chi connectivity index (χ2v) is 4.03. The Morgan fingerprint density at radius 1 is 1.17 bits per heavy atom. The van der Waals surface area contributed by atoms with Gasteiger partial charge in [0.2, 0.25) is 0 Å². The topological polar surface area (TPSA) is 49.2 Å². The molecule has 1 heterocycles. The lowest BCUT2D eigenvalue weighted by Gasteiger charge is -2.08. The maximum atomic E-state index is 5.68. The fourth-order valence-corrected chi connectivity index (χ4v) is 1.74. The number of aromatic nitrogens is 3. The molecule has 2 aromatic rings. The van der Waals surface area contributed by atoms with E-state index >= 15 is 0 Å². The molecular weight excluding hydrogens is 254 g/mol. The number of hydrogen-bond donors (Lipinski definition) is 0. The molecule has 5 nitrogen and oxygen atoms in total. The molecule has 0 amide bonds. The first-order valence-corrected chi connectivity index (χ1v) is 5.95. The molecule has 0 aliphatic carbocycles. The summed E-state index contributed by atoms with van der Waals surface area (Å²) in [5.74, 6) is 1.87. The number of benzene rings is 1. The molecule has 18 heavy (non-hydrogen) atoms. The third-order valence-corrected chi connectivity index (χ3v) is 2.75. The Balaban J connectivity index is 2.22. The largest absolute Gasteiger partial charge is 0.497 e. The third-order valence-electron chi connectivity index (χ3n) is 2.48. The van der Waals surface area contributed by atoms with E-state index in [1.165, 1.54) is 0 Å². The lowest BCUT2D eigenvalue weighted by molar-refractivity contribution is 0.393. The molecular formula is C12H14ClN3O2. The van der Waals surface area contributed by atoms with Gasteiger partial charge < -0.3 is 9.47 Å². The van der Waals surface area contributed by atoms with Gasteiger partial charge in [0.1, 0.15) is 11.5 Å². The van der Waals surface area contributed by atoms with Gasteiger partial charge in [-0.25, -0.2) is 4.68 Å². The van der Waals surface area contributed by atoms with Gasteiger partial charge >= 0.3 is 0 Å². The van der Waals surface area contributed by atoms with E-state index in [4.69, 9.17) is 21.1 Å². The zero-order chi connectivity index (χ0) is 13.0. The van der Waals surface area contributed by atoms with E-state index in [-0.39, 0.29) is 0 Å². The highest BCUT2D eigenvalue weighted by molar-refractivity contribution is 6.16. The summed E-state index contributed by atoms with van der Waals surface area (Å²) in [6.07, 6.45) is 1.82. The van der Waals surface area contributed by atoms with Crippen LogP contribution >= 0.6 is 11.6 Å². The molecule has 0 spiro atoms. The van der Waals surface area contributed by atoms with Gasteiger partial charge in [0.05, 0.1) is 38.5 Å². The molecule has 0 bridgehead atoms. The second-order valence-electron chi connectivity index (χ2n) is 3.76. The van der Waals surface area contributed by atoms with E-state index in [9.17, 15) is 0 Å². The van der Waals surface area contributed by atoms with E-state index in [1.54, 1.807) is 18.9 Å². The van der Waals surface area contributed by atoms with Gasteiger partial charge in [0.15, 0.2) is 0 Å². The number of methoxy groups -OCH3 is 2. The van der Waals surface area contributed by atoms with Crippen molar-refractivity contribution < 1.29 is 9.47 Å². The van der Waals surface area contributed by atoms with Crippen molar-refractivity contribution in [1.82, 2.24) is 15.0 Å². The summed E-state index contributed by atoms with van der Waals surface area (Å²) in [5, 5.41) is 7.93. The molecule has 0 saturated heterocycles. The number of halogens is 1. The van der Waals surface area contributed by atoms with Crippen LogP contribution in [-0.4, -0.2) is 29.2 Å². The van der Waals surface area contributed by atoms with Crippen LogP contribution in [0.15, 0.2) is 24.4 Å². The number of ether oxygens (including phenoxy) is 2. The Hall–Kier alpha value is -1.75.